The van der Waals surface area contributed by atoms with Crippen molar-refractivity contribution in [3.8, 4) is 0 Å². The molecule has 2 rings (SSSR count). The third kappa shape index (κ3) is 3.30. The maximum Gasteiger partial charge on any atom is 0.157 e. The zero-order chi connectivity index (χ0) is 14.0. The Morgan fingerprint density at radius 3 is 2.68 bits per heavy atom. The first-order valence-electron chi connectivity index (χ1n) is 6.90. The van der Waals surface area contributed by atoms with E-state index in [2.05, 4.69) is 35.6 Å². The molecule has 1 atom stereocenters. The van der Waals surface area contributed by atoms with Crippen molar-refractivity contribution in [3.63, 3.8) is 0 Å². The van der Waals surface area contributed by atoms with Crippen LogP contribution in [-0.2, 0) is 0 Å². The topological polar surface area (TPSA) is 55.0 Å². The molecule has 1 aromatic rings. The van der Waals surface area contributed by atoms with E-state index in [9.17, 15) is 0 Å². The Labute approximate surface area is 120 Å². The van der Waals surface area contributed by atoms with Gasteiger partial charge in [-0.25, -0.2) is 9.97 Å². The highest BCUT2D eigenvalue weighted by atomic mass is 35.5. The van der Waals surface area contributed by atoms with Gasteiger partial charge in [-0.05, 0) is 30.6 Å². The monoisotopic (exact) mass is 282 g/mol. The van der Waals surface area contributed by atoms with E-state index in [0.717, 1.165) is 24.8 Å². The standard InChI is InChI=1S/C14H23ClN4/c1-14(2,3)10-5-4-7-19(8-6-10)13-11(16)12(15)17-9-18-13/h9-10H,4-8,16H2,1-3H3. The lowest BCUT2D eigenvalue weighted by Crippen LogP contribution is -2.27. The smallest absolute Gasteiger partial charge is 0.157 e. The number of nitrogens with zero attached hydrogens (tertiary/aromatic N) is 3. The molecule has 2 heterocycles. The molecule has 4 nitrogen and oxygen atoms in total. The molecule has 0 aliphatic carbocycles. The number of nitrogen functional groups attached to an aromatic ring is 1. The van der Waals surface area contributed by atoms with Gasteiger partial charge in [0, 0.05) is 13.1 Å². The summed E-state index contributed by atoms with van der Waals surface area (Å²) < 4.78 is 0. The highest BCUT2D eigenvalue weighted by molar-refractivity contribution is 6.32. The number of nitrogens with two attached hydrogens (primary N) is 1. The van der Waals surface area contributed by atoms with Gasteiger partial charge in [0.1, 0.15) is 12.0 Å². The number of hydrogen-bond donors (Lipinski definition) is 1. The minimum atomic E-state index is 0.349. The summed E-state index contributed by atoms with van der Waals surface area (Å²) >= 11 is 5.97. The number of hydrogen-bond acceptors (Lipinski definition) is 4. The molecule has 0 saturated carbocycles. The van der Waals surface area contributed by atoms with Gasteiger partial charge in [-0.1, -0.05) is 32.4 Å². The van der Waals surface area contributed by atoms with E-state index >= 15 is 0 Å². The molecule has 0 bridgehead atoms. The Morgan fingerprint density at radius 1 is 1.26 bits per heavy atom. The minimum absolute atomic E-state index is 0.349. The number of aromatic nitrogens is 2. The summed E-state index contributed by atoms with van der Waals surface area (Å²) in [7, 11) is 0. The first kappa shape index (κ1) is 14.4. The van der Waals surface area contributed by atoms with E-state index in [0.29, 0.717) is 16.3 Å². The Balaban J connectivity index is 2.13. The number of halogens is 1. The fourth-order valence-corrected chi connectivity index (χ4v) is 2.92. The average Bonchev–Trinajstić information content (AvgIpc) is 2.57. The van der Waals surface area contributed by atoms with Crippen LogP contribution in [0.15, 0.2) is 6.33 Å². The fraction of sp³-hybridized carbons (Fsp3) is 0.714. The Bertz CT molecular complexity index is 442. The molecular formula is C14H23ClN4. The predicted molar refractivity (Wildman–Crippen MR) is 80.5 cm³/mol. The zero-order valence-electron chi connectivity index (χ0n) is 12.0. The fourth-order valence-electron chi connectivity index (χ4n) is 2.79. The predicted octanol–water partition coefficient (Wildman–Crippen LogP) is 3.36. The summed E-state index contributed by atoms with van der Waals surface area (Å²) in [6.07, 6.45) is 5.09. The van der Waals surface area contributed by atoms with Crippen LogP contribution in [0.5, 0.6) is 0 Å². The summed E-state index contributed by atoms with van der Waals surface area (Å²) in [5.41, 5.74) is 6.85. The molecule has 1 unspecified atom stereocenters. The maximum absolute atomic E-state index is 5.99. The largest absolute Gasteiger partial charge is 0.393 e. The van der Waals surface area contributed by atoms with Crippen LogP contribution in [0.2, 0.25) is 5.15 Å². The second-order valence-corrected chi connectivity index (χ2v) is 6.74. The molecule has 1 saturated heterocycles. The lowest BCUT2D eigenvalue weighted by molar-refractivity contribution is 0.220. The summed E-state index contributed by atoms with van der Waals surface area (Å²) in [6.45, 7) is 8.94. The Kier molecular flexibility index (Phi) is 4.19. The molecule has 0 spiro atoms. The van der Waals surface area contributed by atoms with E-state index in [4.69, 9.17) is 17.3 Å². The van der Waals surface area contributed by atoms with Gasteiger partial charge in [-0.2, -0.15) is 0 Å². The van der Waals surface area contributed by atoms with Crippen molar-refractivity contribution in [2.75, 3.05) is 23.7 Å². The second-order valence-electron chi connectivity index (χ2n) is 6.38. The van der Waals surface area contributed by atoms with Gasteiger partial charge in [-0.15, -0.1) is 0 Å². The van der Waals surface area contributed by atoms with Crippen LogP contribution in [0, 0.1) is 11.3 Å². The van der Waals surface area contributed by atoms with Crippen LogP contribution in [-0.4, -0.2) is 23.1 Å². The molecule has 0 amide bonds. The Hall–Kier alpha value is -1.03. The normalized spacial score (nSPS) is 21.3. The molecule has 0 aromatic carbocycles. The highest BCUT2D eigenvalue weighted by Crippen LogP contribution is 2.36. The molecule has 1 aliphatic heterocycles. The van der Waals surface area contributed by atoms with Gasteiger partial charge < -0.3 is 10.6 Å². The van der Waals surface area contributed by atoms with E-state index < -0.39 is 0 Å². The molecule has 106 valence electrons. The van der Waals surface area contributed by atoms with Crippen LogP contribution in [0.3, 0.4) is 0 Å². The van der Waals surface area contributed by atoms with Crippen molar-refractivity contribution in [3.05, 3.63) is 11.5 Å². The van der Waals surface area contributed by atoms with E-state index in [1.165, 1.54) is 25.6 Å². The number of rotatable bonds is 1. The Morgan fingerprint density at radius 2 is 2.00 bits per heavy atom. The second kappa shape index (κ2) is 5.53. The van der Waals surface area contributed by atoms with Gasteiger partial charge in [0.05, 0.1) is 0 Å². The minimum Gasteiger partial charge on any atom is -0.393 e. The van der Waals surface area contributed by atoms with Gasteiger partial charge in [0.2, 0.25) is 0 Å². The van der Waals surface area contributed by atoms with E-state index in [-0.39, 0.29) is 0 Å². The quantitative estimate of drug-likeness (QED) is 0.803. The molecule has 19 heavy (non-hydrogen) atoms. The van der Waals surface area contributed by atoms with Crippen molar-refractivity contribution in [1.82, 2.24) is 9.97 Å². The first-order valence-corrected chi connectivity index (χ1v) is 7.28. The maximum atomic E-state index is 5.99. The van der Waals surface area contributed by atoms with Crippen LogP contribution in [0.25, 0.3) is 0 Å². The van der Waals surface area contributed by atoms with Gasteiger partial charge in [0.25, 0.3) is 0 Å². The highest BCUT2D eigenvalue weighted by Gasteiger charge is 2.28. The summed E-state index contributed by atoms with van der Waals surface area (Å²) in [6, 6.07) is 0. The van der Waals surface area contributed by atoms with Gasteiger partial charge >= 0.3 is 0 Å². The molecular weight excluding hydrogens is 260 g/mol. The molecule has 2 N–H and O–H groups in total. The molecule has 1 aromatic heterocycles. The van der Waals surface area contributed by atoms with Crippen molar-refractivity contribution in [2.24, 2.45) is 11.3 Å². The third-order valence-electron chi connectivity index (χ3n) is 4.07. The van der Waals surface area contributed by atoms with Crippen LogP contribution >= 0.6 is 11.6 Å². The van der Waals surface area contributed by atoms with Gasteiger partial charge in [0.15, 0.2) is 11.0 Å². The summed E-state index contributed by atoms with van der Waals surface area (Å²) in [4.78, 5) is 10.5. The first-order chi connectivity index (χ1) is 8.89. The van der Waals surface area contributed by atoms with Crippen LogP contribution in [0.1, 0.15) is 40.0 Å². The van der Waals surface area contributed by atoms with Crippen molar-refractivity contribution < 1.29 is 0 Å². The SMILES string of the molecule is CC(C)(C)C1CCCN(c2ncnc(Cl)c2N)CC1. The molecule has 1 fully saturated rings. The lowest BCUT2D eigenvalue weighted by Gasteiger charge is -2.30. The van der Waals surface area contributed by atoms with Crippen molar-refractivity contribution in [1.29, 1.82) is 0 Å². The van der Waals surface area contributed by atoms with Crippen LogP contribution < -0.4 is 10.6 Å². The third-order valence-corrected chi connectivity index (χ3v) is 4.37. The van der Waals surface area contributed by atoms with Crippen molar-refractivity contribution in [2.45, 2.75) is 40.0 Å². The average molecular weight is 283 g/mol. The van der Waals surface area contributed by atoms with Gasteiger partial charge in [-0.3, -0.25) is 0 Å². The van der Waals surface area contributed by atoms with Crippen molar-refractivity contribution >= 4 is 23.1 Å². The molecule has 5 heteroatoms. The zero-order valence-corrected chi connectivity index (χ0v) is 12.7. The summed E-state index contributed by atoms with van der Waals surface area (Å²) in [5, 5.41) is 0.349. The van der Waals surface area contributed by atoms with Crippen LogP contribution in [0.4, 0.5) is 11.5 Å². The van der Waals surface area contributed by atoms with E-state index in [1.807, 2.05) is 0 Å². The van der Waals surface area contributed by atoms with E-state index in [1.54, 1.807) is 0 Å². The molecule has 1 aliphatic rings. The summed E-state index contributed by atoms with van der Waals surface area (Å²) in [5.74, 6) is 1.53. The lowest BCUT2D eigenvalue weighted by atomic mass is 9.77. The number of anilines is 2. The molecule has 0 radical (unpaired) electrons.